The van der Waals surface area contributed by atoms with E-state index in [4.69, 9.17) is 9.94 Å². The Morgan fingerprint density at radius 1 is 1.15 bits per heavy atom. The molecule has 0 radical (unpaired) electrons. The summed E-state index contributed by atoms with van der Waals surface area (Å²) in [5.41, 5.74) is 3.18. The van der Waals surface area contributed by atoms with Crippen molar-refractivity contribution in [2.24, 2.45) is 17.3 Å². The highest BCUT2D eigenvalue weighted by molar-refractivity contribution is 5.87. The zero-order valence-corrected chi connectivity index (χ0v) is 19.9. The second kappa shape index (κ2) is 10.7. The lowest BCUT2D eigenvalue weighted by Crippen LogP contribution is -2.50. The van der Waals surface area contributed by atoms with Gasteiger partial charge in [-0.05, 0) is 74.6 Å². The van der Waals surface area contributed by atoms with Gasteiger partial charge in [0.25, 0.3) is 5.91 Å². The van der Waals surface area contributed by atoms with Gasteiger partial charge < -0.3 is 20.4 Å². The van der Waals surface area contributed by atoms with Crippen molar-refractivity contribution in [2.45, 2.75) is 71.8 Å². The fourth-order valence-electron chi connectivity index (χ4n) is 5.30. The van der Waals surface area contributed by atoms with E-state index >= 15 is 0 Å². The van der Waals surface area contributed by atoms with E-state index in [9.17, 15) is 19.5 Å². The molecule has 33 heavy (non-hydrogen) atoms. The Morgan fingerprint density at radius 2 is 1.79 bits per heavy atom. The smallest absolute Gasteiger partial charge is 0.335 e. The second-order valence-electron chi connectivity index (χ2n) is 10.4. The number of benzene rings is 1. The van der Waals surface area contributed by atoms with Crippen LogP contribution in [0.25, 0.3) is 0 Å². The minimum atomic E-state index is -1.04. The zero-order valence-electron chi connectivity index (χ0n) is 19.9. The lowest BCUT2D eigenvalue weighted by molar-refractivity contribution is -0.142. The molecule has 3 unspecified atom stereocenters. The highest BCUT2D eigenvalue weighted by Gasteiger charge is 2.40. The summed E-state index contributed by atoms with van der Waals surface area (Å²) in [5.74, 6) is -2.46. The number of amides is 1. The predicted molar refractivity (Wildman–Crippen MR) is 124 cm³/mol. The SMILES string of the molecule is C=C(NC1(C)CC(C)CC(C)(C)C1)ONC(=O)CCC(Cc1ccc(C(=O)O)cc1)C(=O)O. The summed E-state index contributed by atoms with van der Waals surface area (Å²) >= 11 is 0. The van der Waals surface area contributed by atoms with Crippen LogP contribution in [-0.2, 0) is 20.8 Å². The van der Waals surface area contributed by atoms with Gasteiger partial charge in [0.15, 0.2) is 0 Å². The predicted octanol–water partition coefficient (Wildman–Crippen LogP) is 4.12. The largest absolute Gasteiger partial charge is 0.481 e. The number of carbonyl (C=O) groups is 3. The van der Waals surface area contributed by atoms with E-state index in [0.717, 1.165) is 19.3 Å². The van der Waals surface area contributed by atoms with E-state index in [-0.39, 0.29) is 41.7 Å². The first-order chi connectivity index (χ1) is 15.3. The van der Waals surface area contributed by atoms with Gasteiger partial charge in [0.2, 0.25) is 5.88 Å². The minimum Gasteiger partial charge on any atom is -0.481 e. The van der Waals surface area contributed by atoms with Crippen molar-refractivity contribution in [3.63, 3.8) is 0 Å². The molecular formula is C25H36N2O6. The van der Waals surface area contributed by atoms with Gasteiger partial charge in [-0.1, -0.05) is 32.9 Å². The van der Waals surface area contributed by atoms with Crippen molar-refractivity contribution in [1.29, 1.82) is 0 Å². The van der Waals surface area contributed by atoms with Gasteiger partial charge in [-0.3, -0.25) is 9.59 Å². The molecule has 0 saturated heterocycles. The number of rotatable bonds is 11. The number of hydroxylamine groups is 1. The average molecular weight is 461 g/mol. The molecule has 0 bridgehead atoms. The molecule has 4 N–H and O–H groups in total. The van der Waals surface area contributed by atoms with Crippen LogP contribution >= 0.6 is 0 Å². The van der Waals surface area contributed by atoms with Crippen LogP contribution in [0.5, 0.6) is 0 Å². The van der Waals surface area contributed by atoms with Gasteiger partial charge in [-0.2, -0.15) is 5.48 Å². The first-order valence-corrected chi connectivity index (χ1v) is 11.3. The molecule has 1 saturated carbocycles. The molecule has 3 atom stereocenters. The molecule has 0 heterocycles. The Morgan fingerprint density at radius 3 is 2.33 bits per heavy atom. The number of carboxylic acid groups (broad SMARTS) is 2. The molecule has 1 aliphatic rings. The summed E-state index contributed by atoms with van der Waals surface area (Å²) in [6.07, 6.45) is 3.37. The van der Waals surface area contributed by atoms with E-state index in [1.54, 1.807) is 12.1 Å². The van der Waals surface area contributed by atoms with Crippen LogP contribution in [0.2, 0.25) is 0 Å². The van der Waals surface area contributed by atoms with Gasteiger partial charge in [0, 0.05) is 12.0 Å². The third kappa shape index (κ3) is 8.44. The fraction of sp³-hybridized carbons (Fsp3) is 0.560. The zero-order chi connectivity index (χ0) is 24.8. The number of aliphatic carboxylic acids is 1. The third-order valence-electron chi connectivity index (χ3n) is 6.05. The summed E-state index contributed by atoms with van der Waals surface area (Å²) in [4.78, 5) is 40.1. The summed E-state index contributed by atoms with van der Waals surface area (Å²) < 4.78 is 0. The molecule has 182 valence electrons. The second-order valence-corrected chi connectivity index (χ2v) is 10.4. The van der Waals surface area contributed by atoms with Crippen LogP contribution in [0, 0.1) is 17.3 Å². The molecule has 8 heteroatoms. The molecule has 2 rings (SSSR count). The molecule has 1 amide bonds. The highest BCUT2D eigenvalue weighted by atomic mass is 16.7. The molecule has 0 aliphatic heterocycles. The lowest BCUT2D eigenvalue weighted by Gasteiger charge is -2.46. The number of nitrogens with one attached hydrogen (secondary N) is 2. The highest BCUT2D eigenvalue weighted by Crippen LogP contribution is 2.43. The average Bonchev–Trinajstić information content (AvgIpc) is 2.67. The monoisotopic (exact) mass is 460 g/mol. The van der Waals surface area contributed by atoms with Crippen molar-refractivity contribution in [2.75, 3.05) is 0 Å². The first-order valence-electron chi connectivity index (χ1n) is 11.3. The summed E-state index contributed by atoms with van der Waals surface area (Å²) in [6, 6.07) is 6.05. The maximum atomic E-state index is 12.2. The summed E-state index contributed by atoms with van der Waals surface area (Å²) in [5, 5.41) is 21.8. The number of carboxylic acids is 2. The van der Waals surface area contributed by atoms with E-state index in [1.165, 1.54) is 12.1 Å². The molecule has 8 nitrogen and oxygen atoms in total. The standard InChI is InChI=1S/C25H36N2O6/c1-16-13-24(3,4)15-25(5,14-16)26-17(2)33-27-21(28)11-10-20(23(31)32)12-18-6-8-19(9-7-18)22(29)30/h6-9,16,20,26H,2,10-15H2,1,3-5H3,(H,27,28)(H,29,30)(H,31,32). The Balaban J connectivity index is 1.81. The van der Waals surface area contributed by atoms with Crippen LogP contribution in [0.4, 0.5) is 0 Å². The van der Waals surface area contributed by atoms with Gasteiger partial charge >= 0.3 is 11.9 Å². The Labute approximate surface area is 195 Å². The number of carbonyl (C=O) groups excluding carboxylic acids is 1. The van der Waals surface area contributed by atoms with Crippen LogP contribution < -0.4 is 10.8 Å². The van der Waals surface area contributed by atoms with Crippen LogP contribution in [0.15, 0.2) is 36.7 Å². The maximum Gasteiger partial charge on any atom is 0.335 e. The van der Waals surface area contributed by atoms with Crippen molar-refractivity contribution < 1.29 is 29.4 Å². The molecule has 1 aromatic rings. The number of hydrogen-bond acceptors (Lipinski definition) is 5. The molecular weight excluding hydrogens is 424 g/mol. The summed E-state index contributed by atoms with van der Waals surface area (Å²) in [7, 11) is 0. The van der Waals surface area contributed by atoms with Crippen molar-refractivity contribution in [1.82, 2.24) is 10.8 Å². The Kier molecular flexibility index (Phi) is 8.52. The normalized spacial score (nSPS) is 22.6. The molecule has 0 aromatic heterocycles. The van der Waals surface area contributed by atoms with Crippen molar-refractivity contribution >= 4 is 17.8 Å². The van der Waals surface area contributed by atoms with Gasteiger partial charge in [0.1, 0.15) is 0 Å². The Bertz CT molecular complexity index is 879. The summed E-state index contributed by atoms with van der Waals surface area (Å²) in [6.45, 7) is 12.7. The third-order valence-corrected chi connectivity index (χ3v) is 6.05. The van der Waals surface area contributed by atoms with Crippen molar-refractivity contribution in [3.05, 3.63) is 47.9 Å². The minimum absolute atomic E-state index is 0.0290. The fourth-order valence-corrected chi connectivity index (χ4v) is 5.30. The molecule has 1 aliphatic carbocycles. The lowest BCUT2D eigenvalue weighted by atomic mass is 9.65. The quantitative estimate of drug-likeness (QED) is 0.289. The van der Waals surface area contributed by atoms with Gasteiger partial charge in [0.05, 0.1) is 11.5 Å². The number of hydrogen-bond donors (Lipinski definition) is 4. The van der Waals surface area contributed by atoms with Crippen molar-refractivity contribution in [3.8, 4) is 0 Å². The number of aromatic carboxylic acids is 1. The van der Waals surface area contributed by atoms with E-state index < -0.39 is 23.8 Å². The van der Waals surface area contributed by atoms with E-state index in [0.29, 0.717) is 11.5 Å². The van der Waals surface area contributed by atoms with Gasteiger partial charge in [-0.15, -0.1) is 0 Å². The molecule has 0 spiro atoms. The van der Waals surface area contributed by atoms with E-state index in [1.807, 2.05) is 0 Å². The van der Waals surface area contributed by atoms with Crippen LogP contribution in [-0.4, -0.2) is 33.6 Å². The molecule has 1 aromatic carbocycles. The van der Waals surface area contributed by atoms with Gasteiger partial charge in [-0.25, -0.2) is 4.79 Å². The van der Waals surface area contributed by atoms with Crippen LogP contribution in [0.1, 0.15) is 75.7 Å². The van der Waals surface area contributed by atoms with E-state index in [2.05, 4.69) is 45.1 Å². The topological polar surface area (TPSA) is 125 Å². The Hall–Kier alpha value is -3.03. The maximum absolute atomic E-state index is 12.2. The first kappa shape index (κ1) is 26.2. The molecule has 1 fully saturated rings. The van der Waals surface area contributed by atoms with Crippen LogP contribution in [0.3, 0.4) is 0 Å².